The number of piperidine rings is 1. The van der Waals surface area contributed by atoms with Gasteiger partial charge in [-0.25, -0.2) is 13.4 Å². The van der Waals surface area contributed by atoms with E-state index in [4.69, 9.17) is 11.6 Å². The average molecular weight is 519 g/mol. The Bertz CT molecular complexity index is 1330. The van der Waals surface area contributed by atoms with Crippen LogP contribution in [0.4, 0.5) is 5.13 Å². The summed E-state index contributed by atoms with van der Waals surface area (Å²) in [5.74, 6) is -0.0575. The van der Waals surface area contributed by atoms with Crippen LogP contribution in [-0.2, 0) is 10.0 Å². The number of nitrogens with zero attached hydrogens (tertiary/aromatic N) is 4. The van der Waals surface area contributed by atoms with E-state index in [1.165, 1.54) is 22.1 Å². The van der Waals surface area contributed by atoms with Gasteiger partial charge in [-0.15, -0.1) is 0 Å². The molecular weight excluding hydrogens is 492 g/mol. The van der Waals surface area contributed by atoms with Crippen LogP contribution in [0.15, 0.2) is 41.3 Å². The molecule has 5 rings (SSSR count). The van der Waals surface area contributed by atoms with E-state index in [2.05, 4.69) is 9.88 Å². The Hall–Kier alpha value is -2.20. The van der Waals surface area contributed by atoms with Gasteiger partial charge in [-0.1, -0.05) is 35.1 Å². The Labute approximate surface area is 209 Å². The number of benzene rings is 2. The lowest BCUT2D eigenvalue weighted by Gasteiger charge is -2.34. The number of halogens is 1. The number of aryl methyl sites for hydroxylation is 1. The Morgan fingerprint density at radius 1 is 0.941 bits per heavy atom. The maximum Gasteiger partial charge on any atom is 0.266 e. The van der Waals surface area contributed by atoms with Crippen LogP contribution in [0.25, 0.3) is 10.8 Å². The molecule has 0 unspecified atom stereocenters. The number of hydrogen-bond donors (Lipinski definition) is 0. The number of sulfonamides is 1. The van der Waals surface area contributed by atoms with Crippen molar-refractivity contribution in [1.29, 1.82) is 0 Å². The number of aromatic nitrogens is 1. The molecule has 0 spiro atoms. The summed E-state index contributed by atoms with van der Waals surface area (Å²) in [6, 6.07) is 10.5. The molecule has 10 heteroatoms. The van der Waals surface area contributed by atoms with Crippen LogP contribution in [-0.4, -0.2) is 67.8 Å². The van der Waals surface area contributed by atoms with Crippen LogP contribution in [0.5, 0.6) is 0 Å². The Morgan fingerprint density at radius 2 is 1.62 bits per heavy atom. The SMILES string of the molecule is Cc1nc(N2CCCCC2)sc1C(=O)N1CCN(S(=O)(=O)c2ccc3cc(Cl)ccc3c2)CC1. The molecule has 0 N–H and O–H groups in total. The zero-order valence-corrected chi connectivity index (χ0v) is 21.4. The molecule has 0 atom stereocenters. The standard InChI is InChI=1S/C24H27ClN4O3S2/c1-17-22(33-24(26-17)28-9-3-2-4-10-28)23(30)27-11-13-29(14-12-27)34(31,32)21-8-6-18-15-20(25)7-5-19(18)16-21/h5-8,15-16H,2-4,9-14H2,1H3. The van der Waals surface area contributed by atoms with E-state index in [0.717, 1.165) is 47.5 Å². The number of thiazole rings is 1. The molecule has 180 valence electrons. The predicted molar refractivity (Wildman–Crippen MR) is 137 cm³/mol. The lowest BCUT2D eigenvalue weighted by atomic mass is 10.1. The van der Waals surface area contributed by atoms with Crippen molar-refractivity contribution in [3.05, 3.63) is 52.0 Å². The number of amides is 1. The minimum absolute atomic E-state index is 0.0575. The normalized spacial score (nSPS) is 17.9. The minimum atomic E-state index is -3.65. The molecular formula is C24H27ClN4O3S2. The van der Waals surface area contributed by atoms with E-state index in [1.807, 2.05) is 19.1 Å². The van der Waals surface area contributed by atoms with Gasteiger partial charge in [0.1, 0.15) is 4.88 Å². The van der Waals surface area contributed by atoms with Crippen LogP contribution >= 0.6 is 22.9 Å². The molecule has 0 saturated carbocycles. The first-order valence-corrected chi connectivity index (χ1v) is 14.2. The molecule has 2 aliphatic heterocycles. The molecule has 0 aliphatic carbocycles. The summed E-state index contributed by atoms with van der Waals surface area (Å²) < 4.78 is 28.0. The second-order valence-corrected chi connectivity index (χ2v) is 12.2. The van der Waals surface area contributed by atoms with Crippen molar-refractivity contribution in [1.82, 2.24) is 14.2 Å². The Kier molecular flexibility index (Phi) is 6.54. The third-order valence-electron chi connectivity index (χ3n) is 6.54. The number of carbonyl (C=O) groups excluding carboxylic acids is 1. The van der Waals surface area contributed by atoms with Gasteiger partial charge in [0.25, 0.3) is 5.91 Å². The maximum absolute atomic E-state index is 13.3. The molecule has 1 amide bonds. The van der Waals surface area contributed by atoms with Crippen LogP contribution in [0.2, 0.25) is 5.02 Å². The first-order valence-electron chi connectivity index (χ1n) is 11.5. The van der Waals surface area contributed by atoms with Crippen molar-refractivity contribution in [3.63, 3.8) is 0 Å². The fourth-order valence-electron chi connectivity index (χ4n) is 4.58. The van der Waals surface area contributed by atoms with Gasteiger partial charge in [0, 0.05) is 44.3 Å². The highest BCUT2D eigenvalue weighted by Gasteiger charge is 2.32. The predicted octanol–water partition coefficient (Wildman–Crippen LogP) is 4.40. The lowest BCUT2D eigenvalue weighted by Crippen LogP contribution is -2.50. The number of rotatable bonds is 4. The molecule has 0 bridgehead atoms. The lowest BCUT2D eigenvalue weighted by molar-refractivity contribution is 0.0702. The molecule has 2 fully saturated rings. The van der Waals surface area contributed by atoms with E-state index >= 15 is 0 Å². The molecule has 2 aliphatic rings. The van der Waals surface area contributed by atoms with Gasteiger partial charge in [0.2, 0.25) is 10.0 Å². The van der Waals surface area contributed by atoms with Gasteiger partial charge < -0.3 is 9.80 Å². The van der Waals surface area contributed by atoms with Crippen LogP contribution in [0, 0.1) is 6.92 Å². The molecule has 0 radical (unpaired) electrons. The summed E-state index contributed by atoms with van der Waals surface area (Å²) in [4.78, 5) is 22.8. The Morgan fingerprint density at radius 3 is 2.35 bits per heavy atom. The van der Waals surface area contributed by atoms with E-state index in [1.54, 1.807) is 29.2 Å². The molecule has 1 aromatic heterocycles. The Balaban J connectivity index is 1.27. The zero-order chi connectivity index (χ0) is 23.9. The van der Waals surface area contributed by atoms with Crippen molar-refractivity contribution in [2.45, 2.75) is 31.1 Å². The maximum atomic E-state index is 13.3. The summed E-state index contributed by atoms with van der Waals surface area (Å²) in [5, 5.41) is 3.25. The summed E-state index contributed by atoms with van der Waals surface area (Å²) in [7, 11) is -3.65. The fraction of sp³-hybridized carbons (Fsp3) is 0.417. The quantitative estimate of drug-likeness (QED) is 0.512. The van der Waals surface area contributed by atoms with Crippen LogP contribution < -0.4 is 4.90 Å². The molecule has 2 aromatic carbocycles. The zero-order valence-electron chi connectivity index (χ0n) is 19.0. The van der Waals surface area contributed by atoms with E-state index in [0.29, 0.717) is 23.0 Å². The molecule has 34 heavy (non-hydrogen) atoms. The second-order valence-electron chi connectivity index (χ2n) is 8.81. The van der Waals surface area contributed by atoms with E-state index in [-0.39, 0.29) is 23.9 Å². The van der Waals surface area contributed by atoms with Gasteiger partial charge in [-0.3, -0.25) is 4.79 Å². The number of fused-ring (bicyclic) bond motifs is 1. The number of anilines is 1. The van der Waals surface area contributed by atoms with Crippen LogP contribution in [0.1, 0.15) is 34.6 Å². The summed E-state index contributed by atoms with van der Waals surface area (Å²) in [6.07, 6.45) is 3.56. The van der Waals surface area contributed by atoms with Gasteiger partial charge in [0.15, 0.2) is 5.13 Å². The van der Waals surface area contributed by atoms with E-state index < -0.39 is 10.0 Å². The van der Waals surface area contributed by atoms with Crippen molar-refractivity contribution in [2.24, 2.45) is 0 Å². The fourth-order valence-corrected chi connectivity index (χ4v) is 7.31. The first-order chi connectivity index (χ1) is 16.3. The second kappa shape index (κ2) is 9.45. The molecule has 2 saturated heterocycles. The topological polar surface area (TPSA) is 73.8 Å². The smallest absolute Gasteiger partial charge is 0.266 e. The highest BCUT2D eigenvalue weighted by atomic mass is 35.5. The number of carbonyl (C=O) groups is 1. The van der Waals surface area contributed by atoms with Crippen molar-refractivity contribution in [2.75, 3.05) is 44.2 Å². The van der Waals surface area contributed by atoms with Crippen molar-refractivity contribution >= 4 is 54.8 Å². The minimum Gasteiger partial charge on any atom is -0.348 e. The summed E-state index contributed by atoms with van der Waals surface area (Å²) in [6.45, 7) is 5.10. The van der Waals surface area contributed by atoms with Crippen molar-refractivity contribution in [3.8, 4) is 0 Å². The monoisotopic (exact) mass is 518 g/mol. The van der Waals surface area contributed by atoms with Gasteiger partial charge in [0.05, 0.1) is 10.6 Å². The van der Waals surface area contributed by atoms with Crippen LogP contribution in [0.3, 0.4) is 0 Å². The summed E-state index contributed by atoms with van der Waals surface area (Å²) >= 11 is 7.50. The van der Waals surface area contributed by atoms with Gasteiger partial charge in [-0.2, -0.15) is 4.31 Å². The van der Waals surface area contributed by atoms with Gasteiger partial charge in [-0.05, 0) is 61.2 Å². The largest absolute Gasteiger partial charge is 0.348 e. The number of piperazine rings is 1. The van der Waals surface area contributed by atoms with E-state index in [9.17, 15) is 13.2 Å². The molecule has 7 nitrogen and oxygen atoms in total. The number of hydrogen-bond acceptors (Lipinski definition) is 6. The average Bonchev–Trinajstić information content (AvgIpc) is 3.25. The van der Waals surface area contributed by atoms with Gasteiger partial charge >= 0.3 is 0 Å². The first kappa shape index (κ1) is 23.5. The molecule has 3 heterocycles. The third kappa shape index (κ3) is 4.54. The highest BCUT2D eigenvalue weighted by molar-refractivity contribution is 7.89. The highest BCUT2D eigenvalue weighted by Crippen LogP contribution is 2.30. The van der Waals surface area contributed by atoms with Crippen molar-refractivity contribution < 1.29 is 13.2 Å². The third-order valence-corrected chi connectivity index (χ3v) is 9.88. The summed E-state index contributed by atoms with van der Waals surface area (Å²) in [5.41, 5.74) is 0.752. The molecule has 3 aromatic rings.